The van der Waals surface area contributed by atoms with Crippen LogP contribution in [0.3, 0.4) is 0 Å². The van der Waals surface area contributed by atoms with Crippen molar-refractivity contribution >= 4 is 27.4 Å². The molecule has 5 nitrogen and oxygen atoms in total. The molecule has 140 valence electrons. The fourth-order valence-corrected chi connectivity index (χ4v) is 3.88. The fraction of sp³-hybridized carbons (Fsp3) is 0.667. The molecule has 0 fully saturated rings. The zero-order valence-electron chi connectivity index (χ0n) is 17.0. The lowest BCUT2D eigenvalue weighted by molar-refractivity contribution is 0.0803. The molecule has 25 heavy (non-hydrogen) atoms. The molecule has 0 aliphatic carbocycles. The molecule has 0 bridgehead atoms. The van der Waals surface area contributed by atoms with E-state index in [9.17, 15) is 0 Å². The van der Waals surface area contributed by atoms with Crippen LogP contribution in [0.4, 0.5) is 0 Å². The largest absolute Gasteiger partial charge is 0.542 e. The van der Waals surface area contributed by atoms with Crippen molar-refractivity contribution in [2.75, 3.05) is 6.61 Å². The highest BCUT2D eigenvalue weighted by atomic mass is 28.4. The number of rotatable bonds is 7. The van der Waals surface area contributed by atoms with Crippen LogP contribution in [0.15, 0.2) is 18.2 Å². The van der Waals surface area contributed by atoms with Crippen molar-refractivity contribution in [2.24, 2.45) is 0 Å². The maximum atomic E-state index is 6.45. The molecular weight excluding hydrogens is 346 g/mol. The quantitative estimate of drug-likeness (QED) is 0.494. The summed E-state index contributed by atoms with van der Waals surface area (Å²) in [5, 5.41) is 8.77. The lowest BCUT2D eigenvalue weighted by Gasteiger charge is -2.36. The molecule has 0 saturated carbocycles. The highest BCUT2D eigenvalue weighted by molar-refractivity contribution is 6.76. The van der Waals surface area contributed by atoms with Crippen molar-refractivity contribution < 1.29 is 9.16 Å². The van der Waals surface area contributed by atoms with Gasteiger partial charge in [-0.25, -0.2) is 4.68 Å². The highest BCUT2D eigenvalue weighted by Gasteiger charge is 2.39. The van der Waals surface area contributed by atoms with Crippen LogP contribution >= 0.6 is 0 Å². The number of ether oxygens (including phenoxy) is 1. The van der Waals surface area contributed by atoms with Gasteiger partial charge >= 0.3 is 0 Å². The van der Waals surface area contributed by atoms with Crippen LogP contribution in [0.25, 0.3) is 11.0 Å². The topological polar surface area (TPSA) is 49.2 Å². The van der Waals surface area contributed by atoms with Gasteiger partial charge in [0.05, 0.1) is 5.52 Å². The van der Waals surface area contributed by atoms with Crippen LogP contribution in [0.1, 0.15) is 20.8 Å². The number of aromatic nitrogens is 3. The third-order valence-electron chi connectivity index (χ3n) is 4.89. The molecule has 2 rings (SSSR count). The van der Waals surface area contributed by atoms with Gasteiger partial charge in [0.2, 0.25) is 0 Å². The molecule has 0 atom stereocenters. The lowest BCUT2D eigenvalue weighted by atomic mass is 10.2. The summed E-state index contributed by atoms with van der Waals surface area (Å²) in [5.74, 6) is 0.831. The Balaban J connectivity index is 2.14. The van der Waals surface area contributed by atoms with Gasteiger partial charge < -0.3 is 9.16 Å². The summed E-state index contributed by atoms with van der Waals surface area (Å²) < 4.78 is 14.1. The van der Waals surface area contributed by atoms with E-state index in [0.717, 1.165) is 29.4 Å². The van der Waals surface area contributed by atoms with Crippen molar-refractivity contribution in [3.8, 4) is 5.75 Å². The number of hydrogen-bond acceptors (Lipinski definition) is 4. The van der Waals surface area contributed by atoms with Crippen LogP contribution in [-0.4, -0.2) is 38.0 Å². The number of hydrogen-bond donors (Lipinski definition) is 0. The van der Waals surface area contributed by atoms with Gasteiger partial charge in [-0.3, -0.25) is 0 Å². The second-order valence-electron chi connectivity index (χ2n) is 9.42. The van der Waals surface area contributed by atoms with Gasteiger partial charge in [0.25, 0.3) is 8.32 Å². The average Bonchev–Trinajstić information content (AvgIpc) is 2.85. The fourth-order valence-electron chi connectivity index (χ4n) is 2.10. The molecule has 0 radical (unpaired) electrons. The second-order valence-corrected chi connectivity index (χ2v) is 19.8. The van der Waals surface area contributed by atoms with Crippen molar-refractivity contribution in [1.29, 1.82) is 0 Å². The standard InChI is InChI=1S/C18H33N3O2Si2/c1-18(2,3)25(7,8)23-16-11-9-10-15-17(16)19-20-21(15)14-22-12-13-24(4,5)6/h9-11H,12-14H2,1-8H3. The smallest absolute Gasteiger partial charge is 0.250 e. The van der Waals surface area contributed by atoms with Gasteiger partial charge in [-0.2, -0.15) is 0 Å². The number of fused-ring (bicyclic) bond motifs is 1. The lowest BCUT2D eigenvalue weighted by Crippen LogP contribution is -2.43. The van der Waals surface area contributed by atoms with Gasteiger partial charge in [-0.15, -0.1) is 5.10 Å². The minimum absolute atomic E-state index is 0.144. The van der Waals surface area contributed by atoms with Crippen LogP contribution < -0.4 is 4.43 Å². The Bertz CT molecular complexity index is 715. The van der Waals surface area contributed by atoms with Crippen molar-refractivity contribution in [3.63, 3.8) is 0 Å². The highest BCUT2D eigenvalue weighted by Crippen LogP contribution is 2.38. The minimum atomic E-state index is -1.91. The normalized spacial score (nSPS) is 13.4. The van der Waals surface area contributed by atoms with Crippen LogP contribution in [0.5, 0.6) is 5.75 Å². The van der Waals surface area contributed by atoms with E-state index in [2.05, 4.69) is 63.8 Å². The molecule has 1 aromatic heterocycles. The maximum absolute atomic E-state index is 6.45. The SMILES string of the molecule is CC(C)(C)[Si](C)(C)Oc1cccc2c1nnn2COCC[Si](C)(C)C. The summed E-state index contributed by atoms with van der Waals surface area (Å²) in [6, 6.07) is 7.18. The minimum Gasteiger partial charge on any atom is -0.542 e. The molecule has 1 heterocycles. The number of nitrogens with zero attached hydrogens (tertiary/aromatic N) is 3. The third kappa shape index (κ3) is 5.15. The summed E-state index contributed by atoms with van der Waals surface area (Å²) >= 11 is 0. The average molecular weight is 380 g/mol. The summed E-state index contributed by atoms with van der Waals surface area (Å²) in [4.78, 5) is 0. The second kappa shape index (κ2) is 7.21. The summed E-state index contributed by atoms with van der Waals surface area (Å²) in [6.07, 6.45) is 0. The van der Waals surface area contributed by atoms with Gasteiger partial charge in [0.15, 0.2) is 5.52 Å². The Morgan fingerprint density at radius 2 is 1.76 bits per heavy atom. The predicted octanol–water partition coefficient (Wildman–Crippen LogP) is 5.13. The van der Waals surface area contributed by atoms with E-state index in [1.165, 1.54) is 0 Å². The predicted molar refractivity (Wildman–Crippen MR) is 109 cm³/mol. The first kappa shape index (κ1) is 20.1. The molecule has 0 N–H and O–H groups in total. The first-order valence-corrected chi connectivity index (χ1v) is 15.6. The molecule has 2 aromatic rings. The van der Waals surface area contributed by atoms with Gasteiger partial charge in [-0.1, -0.05) is 51.7 Å². The zero-order chi connectivity index (χ0) is 18.9. The monoisotopic (exact) mass is 379 g/mol. The van der Waals surface area contributed by atoms with E-state index in [1.54, 1.807) is 0 Å². The maximum Gasteiger partial charge on any atom is 0.250 e. The van der Waals surface area contributed by atoms with Crippen LogP contribution in [0.2, 0.25) is 43.8 Å². The molecular formula is C18H33N3O2Si2. The molecule has 0 aliphatic rings. The van der Waals surface area contributed by atoms with E-state index in [0.29, 0.717) is 6.73 Å². The molecule has 0 unspecified atom stereocenters. The number of benzene rings is 1. The van der Waals surface area contributed by atoms with Gasteiger partial charge in [-0.05, 0) is 36.3 Å². The zero-order valence-corrected chi connectivity index (χ0v) is 19.0. The summed E-state index contributed by atoms with van der Waals surface area (Å²) in [5.41, 5.74) is 1.78. The molecule has 0 amide bonds. The molecule has 7 heteroatoms. The Kier molecular flexibility index (Phi) is 5.80. The molecule has 0 aliphatic heterocycles. The van der Waals surface area contributed by atoms with Gasteiger partial charge in [0.1, 0.15) is 12.5 Å². The van der Waals surface area contributed by atoms with Crippen molar-refractivity contribution in [1.82, 2.24) is 15.0 Å². The summed E-state index contributed by atoms with van der Waals surface area (Å²) in [6.45, 7) is 19.5. The van der Waals surface area contributed by atoms with Crippen LogP contribution in [0, 0.1) is 0 Å². The van der Waals surface area contributed by atoms with E-state index in [-0.39, 0.29) is 5.04 Å². The first-order valence-electron chi connectivity index (χ1n) is 9.00. The summed E-state index contributed by atoms with van der Waals surface area (Å²) in [7, 11) is -2.98. The van der Waals surface area contributed by atoms with Gasteiger partial charge in [0, 0.05) is 14.7 Å². The molecule has 1 aromatic carbocycles. The molecule has 0 saturated heterocycles. The first-order chi connectivity index (χ1) is 11.4. The Morgan fingerprint density at radius 1 is 1.08 bits per heavy atom. The van der Waals surface area contributed by atoms with E-state index in [1.807, 2.05) is 22.9 Å². The molecule has 0 spiro atoms. The van der Waals surface area contributed by atoms with E-state index in [4.69, 9.17) is 9.16 Å². The Labute approximate surface area is 153 Å². The van der Waals surface area contributed by atoms with Crippen molar-refractivity contribution in [3.05, 3.63) is 18.2 Å². The van der Waals surface area contributed by atoms with E-state index < -0.39 is 16.4 Å². The Hall–Kier alpha value is -1.19. The third-order valence-corrected chi connectivity index (χ3v) is 10.9. The van der Waals surface area contributed by atoms with Crippen LogP contribution in [-0.2, 0) is 11.5 Å². The Morgan fingerprint density at radius 3 is 2.36 bits per heavy atom. The van der Waals surface area contributed by atoms with Crippen molar-refractivity contribution in [2.45, 2.75) is 71.3 Å². The van der Waals surface area contributed by atoms with E-state index >= 15 is 0 Å².